The fourth-order valence-corrected chi connectivity index (χ4v) is 8.42. The van der Waals surface area contributed by atoms with Gasteiger partial charge in [0.2, 0.25) is 0 Å². The molecule has 0 N–H and O–H groups in total. The largest absolute Gasteiger partial charge is 0.309 e. The Morgan fingerprint density at radius 3 is 1.87 bits per heavy atom. The van der Waals surface area contributed by atoms with Gasteiger partial charge in [0.25, 0.3) is 0 Å². The summed E-state index contributed by atoms with van der Waals surface area (Å²) in [6.07, 6.45) is 0. The van der Waals surface area contributed by atoms with Gasteiger partial charge in [0.05, 0.1) is 11.0 Å². The highest BCUT2D eigenvalue weighted by molar-refractivity contribution is 6.32. The van der Waals surface area contributed by atoms with E-state index < -0.39 is 0 Å². The molecule has 1 heteroatoms. The second-order valence-corrected chi connectivity index (χ2v) is 14.2. The first-order chi connectivity index (χ1) is 26.1. The van der Waals surface area contributed by atoms with Gasteiger partial charge in [-0.05, 0) is 90.2 Å². The molecule has 0 aliphatic carbocycles. The van der Waals surface area contributed by atoms with Gasteiger partial charge in [-0.2, -0.15) is 0 Å². The van der Waals surface area contributed by atoms with Crippen molar-refractivity contribution >= 4 is 59.7 Å². The van der Waals surface area contributed by atoms with E-state index in [-0.39, 0.29) is 5.92 Å². The van der Waals surface area contributed by atoms with Gasteiger partial charge in [-0.3, -0.25) is 0 Å². The van der Waals surface area contributed by atoms with Gasteiger partial charge < -0.3 is 4.57 Å². The van der Waals surface area contributed by atoms with Crippen LogP contribution in [0.1, 0.15) is 35.1 Å². The van der Waals surface area contributed by atoms with Crippen molar-refractivity contribution in [2.24, 2.45) is 0 Å². The monoisotopic (exact) mass is 675 g/mol. The number of nitrogens with zero attached hydrogens (tertiary/aromatic N) is 1. The lowest BCUT2D eigenvalue weighted by molar-refractivity contribution is 0.924. The lowest BCUT2D eigenvalue weighted by Gasteiger charge is -2.18. The Kier molecular flexibility index (Phi) is 7.33. The van der Waals surface area contributed by atoms with E-state index in [1.54, 1.807) is 0 Å². The smallest absolute Gasteiger partial charge is 0.0625 e. The lowest BCUT2D eigenvalue weighted by atomic mass is 9.86. The minimum atomic E-state index is 0.180. The van der Waals surface area contributed by atoms with E-state index in [9.17, 15) is 0 Å². The summed E-state index contributed by atoms with van der Waals surface area (Å²) in [6, 6.07) is 68.7. The molecule has 0 fully saturated rings. The average Bonchev–Trinajstić information content (AvgIpc) is 3.58. The van der Waals surface area contributed by atoms with Crippen molar-refractivity contribution in [3.8, 4) is 16.8 Å². The zero-order chi connectivity index (χ0) is 35.5. The van der Waals surface area contributed by atoms with Gasteiger partial charge in [0.1, 0.15) is 0 Å². The van der Waals surface area contributed by atoms with Crippen LogP contribution in [0.5, 0.6) is 0 Å². The van der Waals surface area contributed by atoms with Crippen LogP contribution in [0.3, 0.4) is 0 Å². The predicted octanol–water partition coefficient (Wildman–Crippen LogP) is 14.1. The topological polar surface area (TPSA) is 4.93 Å². The van der Waals surface area contributed by atoms with Gasteiger partial charge in [0.15, 0.2) is 0 Å². The number of hydrogen-bond donors (Lipinski definition) is 0. The summed E-state index contributed by atoms with van der Waals surface area (Å²) < 4.78 is 2.48. The first-order valence-corrected chi connectivity index (χ1v) is 18.4. The molecule has 0 unspecified atom stereocenters. The Labute approximate surface area is 309 Å². The molecule has 0 aliphatic rings. The number of benzene rings is 9. The van der Waals surface area contributed by atoms with Gasteiger partial charge in [-0.1, -0.05) is 177 Å². The molecule has 0 bridgehead atoms. The molecule has 1 heterocycles. The number of para-hydroxylation sites is 1. The molecule has 0 amide bonds. The summed E-state index contributed by atoms with van der Waals surface area (Å²) in [5.74, 6) is 0.180. The highest BCUT2D eigenvalue weighted by atomic mass is 15.0. The molecule has 0 aliphatic heterocycles. The number of aromatic nitrogens is 1. The molecule has 9 aromatic carbocycles. The molecule has 0 spiro atoms. The van der Waals surface area contributed by atoms with Crippen molar-refractivity contribution in [2.45, 2.75) is 12.8 Å². The van der Waals surface area contributed by atoms with E-state index in [4.69, 9.17) is 0 Å². The van der Waals surface area contributed by atoms with E-state index in [0.29, 0.717) is 0 Å². The van der Waals surface area contributed by atoms with E-state index in [0.717, 1.165) is 22.4 Å². The lowest BCUT2D eigenvalue weighted by Crippen LogP contribution is -1.99. The van der Waals surface area contributed by atoms with Crippen molar-refractivity contribution in [3.63, 3.8) is 0 Å². The fraction of sp³-hybridized carbons (Fsp3) is 0.0385. The van der Waals surface area contributed by atoms with Crippen molar-refractivity contribution in [1.29, 1.82) is 0 Å². The minimum absolute atomic E-state index is 0.180. The third-order valence-corrected chi connectivity index (χ3v) is 11.2. The molecule has 10 rings (SSSR count). The highest BCUT2D eigenvalue weighted by Crippen LogP contribution is 2.44. The van der Waals surface area contributed by atoms with Gasteiger partial charge >= 0.3 is 0 Å². The second-order valence-electron chi connectivity index (χ2n) is 14.2. The van der Waals surface area contributed by atoms with Crippen LogP contribution < -0.4 is 0 Å². The first-order valence-electron chi connectivity index (χ1n) is 18.4. The molecule has 53 heavy (non-hydrogen) atoms. The molecular formula is C52H37N. The second kappa shape index (κ2) is 12.5. The summed E-state index contributed by atoms with van der Waals surface area (Å²) in [5.41, 5.74) is 11.8. The molecule has 0 radical (unpaired) electrons. The zero-order valence-corrected chi connectivity index (χ0v) is 29.6. The predicted molar refractivity (Wildman–Crippen MR) is 227 cm³/mol. The minimum Gasteiger partial charge on any atom is -0.309 e. The number of rotatable bonds is 6. The maximum absolute atomic E-state index is 4.63. The Morgan fingerprint density at radius 1 is 0.453 bits per heavy atom. The maximum Gasteiger partial charge on any atom is 0.0625 e. The van der Waals surface area contributed by atoms with Crippen LogP contribution >= 0.6 is 0 Å². The Balaban J connectivity index is 1.23. The Morgan fingerprint density at radius 2 is 1.09 bits per heavy atom. The quantitative estimate of drug-likeness (QED) is 0.155. The van der Waals surface area contributed by atoms with E-state index >= 15 is 0 Å². The number of fused-ring (bicyclic) bond motifs is 9. The SMILES string of the molecule is C=C(c1ccccc1)c1cc(-c2ccc3c4c5ccccc5c5ccccc5c4n(-c4ccccc4)c3c2)cc([C@@H](C)c2ccc3ccccc3c2)c1. The molecular weight excluding hydrogens is 639 g/mol. The molecule has 250 valence electrons. The molecule has 1 atom stereocenters. The summed E-state index contributed by atoms with van der Waals surface area (Å²) in [5, 5.41) is 10.2. The molecule has 1 aromatic heterocycles. The number of hydrogen-bond acceptors (Lipinski definition) is 0. The van der Waals surface area contributed by atoms with E-state index in [1.807, 2.05) is 0 Å². The van der Waals surface area contributed by atoms with Crippen LogP contribution in [-0.2, 0) is 0 Å². The van der Waals surface area contributed by atoms with E-state index in [2.05, 4.69) is 206 Å². The average molecular weight is 676 g/mol. The summed E-state index contributed by atoms with van der Waals surface area (Å²) in [4.78, 5) is 0. The maximum atomic E-state index is 4.63. The molecule has 1 nitrogen and oxygen atoms in total. The van der Waals surface area contributed by atoms with Crippen LogP contribution in [0.4, 0.5) is 0 Å². The van der Waals surface area contributed by atoms with Crippen LogP contribution in [0.25, 0.3) is 76.5 Å². The Hall–Kier alpha value is -6.70. The molecule has 0 saturated carbocycles. The summed E-state index contributed by atoms with van der Waals surface area (Å²) in [6.45, 7) is 6.95. The van der Waals surface area contributed by atoms with Gasteiger partial charge in [0, 0.05) is 27.8 Å². The van der Waals surface area contributed by atoms with Crippen molar-refractivity contribution in [1.82, 2.24) is 4.57 Å². The van der Waals surface area contributed by atoms with Crippen molar-refractivity contribution in [2.75, 3.05) is 0 Å². The third kappa shape index (κ3) is 5.16. The molecule has 0 saturated heterocycles. The summed E-state index contributed by atoms with van der Waals surface area (Å²) >= 11 is 0. The van der Waals surface area contributed by atoms with Crippen LogP contribution in [0.15, 0.2) is 195 Å². The fourth-order valence-electron chi connectivity index (χ4n) is 8.42. The van der Waals surface area contributed by atoms with Gasteiger partial charge in [-0.15, -0.1) is 0 Å². The zero-order valence-electron chi connectivity index (χ0n) is 29.6. The van der Waals surface area contributed by atoms with Gasteiger partial charge in [-0.25, -0.2) is 0 Å². The molecule has 10 aromatic rings. The van der Waals surface area contributed by atoms with Crippen LogP contribution in [-0.4, -0.2) is 4.57 Å². The standard InChI is InChI=1S/C52H37N/c1-34(36-15-5-3-6-16-36)41-30-42(35(2)38-26-25-37-17-9-10-18-39(37)29-38)32-43(31-41)40-27-28-49-50(33-40)53(44-19-7-4-8-20-44)52-48-24-14-12-22-46(48)45-21-11-13-23-47(45)51(49)52/h3-33,35H,1H2,2H3/t35-/m0/s1. The van der Waals surface area contributed by atoms with Crippen LogP contribution in [0.2, 0.25) is 0 Å². The van der Waals surface area contributed by atoms with Crippen LogP contribution in [0, 0.1) is 0 Å². The van der Waals surface area contributed by atoms with E-state index in [1.165, 1.54) is 76.4 Å². The first kappa shape index (κ1) is 31.1. The third-order valence-electron chi connectivity index (χ3n) is 11.2. The van der Waals surface area contributed by atoms with Crippen molar-refractivity contribution in [3.05, 3.63) is 217 Å². The highest BCUT2D eigenvalue weighted by Gasteiger charge is 2.20. The normalized spacial score (nSPS) is 12.2. The summed E-state index contributed by atoms with van der Waals surface area (Å²) in [7, 11) is 0. The van der Waals surface area contributed by atoms with Crippen molar-refractivity contribution < 1.29 is 0 Å². The Bertz CT molecular complexity index is 3020.